The molecule has 0 saturated heterocycles. The molecule has 0 spiro atoms. The molecule has 2 rings (SSSR count). The summed E-state index contributed by atoms with van der Waals surface area (Å²) in [6.07, 6.45) is 4.61. The second-order valence-corrected chi connectivity index (χ2v) is 3.43. The van der Waals surface area contributed by atoms with E-state index in [1.54, 1.807) is 12.4 Å². The number of nitrogens with zero attached hydrogens (tertiary/aromatic N) is 2. The van der Waals surface area contributed by atoms with Crippen LogP contribution in [0.3, 0.4) is 0 Å². The van der Waals surface area contributed by atoms with Gasteiger partial charge in [0, 0.05) is 23.9 Å². The largest absolute Gasteiger partial charge is 0.392 e. The Morgan fingerprint density at radius 1 is 1.50 bits per heavy atom. The van der Waals surface area contributed by atoms with E-state index in [2.05, 4.69) is 16.9 Å². The van der Waals surface area contributed by atoms with E-state index in [-0.39, 0.29) is 6.61 Å². The van der Waals surface area contributed by atoms with Gasteiger partial charge in [-0.05, 0) is 12.3 Å². The fraction of sp³-hybridized carbons (Fsp3) is 0.556. The van der Waals surface area contributed by atoms with Crippen molar-refractivity contribution in [1.29, 1.82) is 0 Å². The van der Waals surface area contributed by atoms with Crippen LogP contribution >= 0.6 is 0 Å². The molecule has 1 aliphatic carbocycles. The second-order valence-electron chi connectivity index (χ2n) is 3.43. The van der Waals surface area contributed by atoms with Gasteiger partial charge in [0.05, 0.1) is 6.61 Å². The third kappa shape index (κ3) is 1.32. The van der Waals surface area contributed by atoms with E-state index in [1.165, 1.54) is 6.42 Å². The van der Waals surface area contributed by atoms with E-state index in [4.69, 9.17) is 5.11 Å². The fourth-order valence-corrected chi connectivity index (χ4v) is 1.32. The van der Waals surface area contributed by atoms with Gasteiger partial charge in [0.15, 0.2) is 0 Å². The zero-order valence-corrected chi connectivity index (χ0v) is 7.07. The number of aromatic nitrogens is 2. The van der Waals surface area contributed by atoms with Gasteiger partial charge in [0.1, 0.15) is 5.82 Å². The van der Waals surface area contributed by atoms with E-state index in [0.29, 0.717) is 5.92 Å². The van der Waals surface area contributed by atoms with Crippen LogP contribution in [0.25, 0.3) is 0 Å². The Labute approximate surface area is 71.5 Å². The average molecular weight is 164 g/mol. The minimum Gasteiger partial charge on any atom is -0.392 e. The fourth-order valence-electron chi connectivity index (χ4n) is 1.32. The highest BCUT2D eigenvalue weighted by atomic mass is 16.3. The highest BCUT2D eigenvalue weighted by Gasteiger charge is 2.36. The first kappa shape index (κ1) is 7.68. The average Bonchev–Trinajstić information content (AvgIpc) is 2.83. The smallest absolute Gasteiger partial charge is 0.131 e. The summed E-state index contributed by atoms with van der Waals surface area (Å²) >= 11 is 0. The first-order valence-corrected chi connectivity index (χ1v) is 4.23. The van der Waals surface area contributed by atoms with E-state index in [1.807, 2.05) is 0 Å². The summed E-state index contributed by atoms with van der Waals surface area (Å²) in [5.74, 6) is 2.24. The van der Waals surface area contributed by atoms with Gasteiger partial charge in [-0.2, -0.15) is 0 Å². The molecule has 1 fully saturated rings. The van der Waals surface area contributed by atoms with Crippen molar-refractivity contribution in [3.63, 3.8) is 0 Å². The van der Waals surface area contributed by atoms with Crippen molar-refractivity contribution < 1.29 is 5.11 Å². The molecular formula is C9H12N2O. The molecule has 1 N–H and O–H groups in total. The summed E-state index contributed by atoms with van der Waals surface area (Å²) in [6, 6.07) is 0. The molecule has 1 aromatic heterocycles. The SMILES string of the molecule is CC1CC1c1ncc(CO)cn1. The zero-order chi connectivity index (χ0) is 8.55. The van der Waals surface area contributed by atoms with Crippen molar-refractivity contribution in [2.75, 3.05) is 0 Å². The second kappa shape index (κ2) is 2.83. The van der Waals surface area contributed by atoms with Gasteiger partial charge in [0.25, 0.3) is 0 Å². The van der Waals surface area contributed by atoms with Crippen LogP contribution in [0.4, 0.5) is 0 Å². The van der Waals surface area contributed by atoms with E-state index >= 15 is 0 Å². The zero-order valence-electron chi connectivity index (χ0n) is 7.07. The number of rotatable bonds is 2. The lowest BCUT2D eigenvalue weighted by Gasteiger charge is -1.97. The summed E-state index contributed by atoms with van der Waals surface area (Å²) in [4.78, 5) is 8.38. The van der Waals surface area contributed by atoms with Crippen LogP contribution in [0.15, 0.2) is 12.4 Å². The minimum atomic E-state index is 0.0283. The topological polar surface area (TPSA) is 46.0 Å². The molecule has 1 saturated carbocycles. The molecule has 64 valence electrons. The van der Waals surface area contributed by atoms with Gasteiger partial charge in [-0.25, -0.2) is 9.97 Å². The third-order valence-corrected chi connectivity index (χ3v) is 2.35. The summed E-state index contributed by atoms with van der Waals surface area (Å²) in [7, 11) is 0. The van der Waals surface area contributed by atoms with Crippen LogP contribution in [0.2, 0.25) is 0 Å². The van der Waals surface area contributed by atoms with Crippen LogP contribution in [0.1, 0.15) is 30.7 Å². The molecule has 12 heavy (non-hydrogen) atoms. The monoisotopic (exact) mass is 164 g/mol. The van der Waals surface area contributed by atoms with Gasteiger partial charge in [-0.3, -0.25) is 0 Å². The maximum absolute atomic E-state index is 8.75. The van der Waals surface area contributed by atoms with Crippen LogP contribution in [0, 0.1) is 5.92 Å². The number of aliphatic hydroxyl groups is 1. The lowest BCUT2D eigenvalue weighted by molar-refractivity contribution is 0.280. The van der Waals surface area contributed by atoms with Crippen molar-refractivity contribution >= 4 is 0 Å². The van der Waals surface area contributed by atoms with Crippen LogP contribution in [-0.2, 0) is 6.61 Å². The van der Waals surface area contributed by atoms with E-state index in [9.17, 15) is 0 Å². The Balaban J connectivity index is 2.14. The van der Waals surface area contributed by atoms with Crippen molar-refractivity contribution in [2.45, 2.75) is 25.9 Å². The molecule has 2 atom stereocenters. The van der Waals surface area contributed by atoms with Crippen molar-refractivity contribution in [1.82, 2.24) is 9.97 Å². The standard InChI is InChI=1S/C9H12N2O/c1-6-2-8(6)9-10-3-7(5-12)4-11-9/h3-4,6,8,12H,2,5H2,1H3. The summed E-state index contributed by atoms with van der Waals surface area (Å²) in [5.41, 5.74) is 0.784. The van der Waals surface area contributed by atoms with Gasteiger partial charge in [0.2, 0.25) is 0 Å². The van der Waals surface area contributed by atoms with E-state index < -0.39 is 0 Å². The maximum Gasteiger partial charge on any atom is 0.131 e. The molecule has 0 radical (unpaired) electrons. The third-order valence-electron chi connectivity index (χ3n) is 2.35. The van der Waals surface area contributed by atoms with E-state index in [0.717, 1.165) is 17.3 Å². The molecule has 1 aromatic rings. The molecule has 0 amide bonds. The highest BCUT2D eigenvalue weighted by molar-refractivity contribution is 5.12. The Kier molecular flexibility index (Phi) is 1.81. The Morgan fingerprint density at radius 3 is 2.50 bits per heavy atom. The first-order chi connectivity index (χ1) is 5.81. The Bertz CT molecular complexity index is 270. The summed E-state index contributed by atoms with van der Waals surface area (Å²) in [6.45, 7) is 2.23. The number of hydrogen-bond acceptors (Lipinski definition) is 3. The first-order valence-electron chi connectivity index (χ1n) is 4.23. The predicted octanol–water partition coefficient (Wildman–Crippen LogP) is 1.09. The molecule has 3 heteroatoms. The Hall–Kier alpha value is -0.960. The molecular weight excluding hydrogens is 152 g/mol. The number of hydrogen-bond donors (Lipinski definition) is 1. The molecule has 3 nitrogen and oxygen atoms in total. The van der Waals surface area contributed by atoms with Crippen LogP contribution in [-0.4, -0.2) is 15.1 Å². The van der Waals surface area contributed by atoms with Gasteiger partial charge < -0.3 is 5.11 Å². The predicted molar refractivity (Wildman–Crippen MR) is 44.5 cm³/mol. The van der Waals surface area contributed by atoms with Gasteiger partial charge in [-0.1, -0.05) is 6.92 Å². The normalized spacial score (nSPS) is 27.2. The quantitative estimate of drug-likeness (QED) is 0.711. The lowest BCUT2D eigenvalue weighted by Crippen LogP contribution is -1.95. The number of aliphatic hydroxyl groups excluding tert-OH is 1. The van der Waals surface area contributed by atoms with Crippen LogP contribution < -0.4 is 0 Å². The van der Waals surface area contributed by atoms with Gasteiger partial charge in [-0.15, -0.1) is 0 Å². The summed E-state index contributed by atoms with van der Waals surface area (Å²) < 4.78 is 0. The summed E-state index contributed by atoms with van der Waals surface area (Å²) in [5, 5.41) is 8.75. The highest BCUT2D eigenvalue weighted by Crippen LogP contribution is 2.44. The van der Waals surface area contributed by atoms with Crippen LogP contribution in [0.5, 0.6) is 0 Å². The lowest BCUT2D eigenvalue weighted by atomic mass is 10.3. The molecule has 1 heterocycles. The molecule has 0 aromatic carbocycles. The minimum absolute atomic E-state index is 0.0283. The van der Waals surface area contributed by atoms with Gasteiger partial charge >= 0.3 is 0 Å². The van der Waals surface area contributed by atoms with Crippen molar-refractivity contribution in [3.05, 3.63) is 23.8 Å². The Morgan fingerprint density at radius 2 is 2.08 bits per heavy atom. The maximum atomic E-state index is 8.75. The molecule has 2 unspecified atom stereocenters. The van der Waals surface area contributed by atoms with Crippen molar-refractivity contribution in [2.24, 2.45) is 5.92 Å². The molecule has 1 aliphatic rings. The molecule has 0 bridgehead atoms. The van der Waals surface area contributed by atoms with Crippen molar-refractivity contribution in [3.8, 4) is 0 Å². The molecule has 0 aliphatic heterocycles.